The molecule has 2 saturated heterocycles. The van der Waals surface area contributed by atoms with E-state index in [1.807, 2.05) is 0 Å². The smallest absolute Gasteiger partial charge is 0.252 e. The van der Waals surface area contributed by atoms with Crippen LogP contribution >= 0.6 is 0 Å². The molecule has 1 aromatic carbocycles. The monoisotopic (exact) mass is 570 g/mol. The second-order valence-electron chi connectivity index (χ2n) is 11.2. The van der Waals surface area contributed by atoms with E-state index >= 15 is 0 Å². The van der Waals surface area contributed by atoms with Crippen molar-refractivity contribution in [3.63, 3.8) is 0 Å². The molecular formula is C30H31FN8O3. The molecule has 2 aliphatic rings. The molecule has 0 saturated carbocycles. The Balaban J connectivity index is 1.34. The molecule has 216 valence electrons. The van der Waals surface area contributed by atoms with Crippen LogP contribution in [0.5, 0.6) is 0 Å². The van der Waals surface area contributed by atoms with Crippen LogP contribution < -0.4 is 10.5 Å². The number of hydrogen-bond acceptors (Lipinski definition) is 9. The molecule has 0 bridgehead atoms. The maximum atomic E-state index is 13.9. The van der Waals surface area contributed by atoms with Gasteiger partial charge in [-0.15, -0.1) is 0 Å². The third-order valence-electron chi connectivity index (χ3n) is 8.43. The van der Waals surface area contributed by atoms with Gasteiger partial charge in [-0.05, 0) is 43.7 Å². The molecule has 0 N–H and O–H groups in total. The molecule has 11 nitrogen and oxygen atoms in total. The number of amides is 1. The molecule has 2 aliphatic heterocycles. The van der Waals surface area contributed by atoms with Crippen LogP contribution in [0.25, 0.3) is 11.0 Å². The Labute approximate surface area is 241 Å². The maximum absolute atomic E-state index is 13.9. The number of aromatic nitrogens is 4. The third kappa shape index (κ3) is 4.79. The minimum Gasteiger partial charge on any atom is -0.364 e. The maximum Gasteiger partial charge on any atom is 0.252 e. The SMILES string of the molecule is CC(=O)N1CC(c2noc(C(c3ccc(F)cc3)N3C[C@H](C)N(c4cc(=O)n(C)c5ccc(C#N)nc45)CC3C)n2)C1. The molecule has 12 heteroatoms. The van der Waals surface area contributed by atoms with E-state index in [1.165, 1.54) is 16.7 Å². The van der Waals surface area contributed by atoms with Gasteiger partial charge in [-0.25, -0.2) is 9.37 Å². The summed E-state index contributed by atoms with van der Waals surface area (Å²) in [6.45, 7) is 7.91. The highest BCUT2D eigenvalue weighted by Crippen LogP contribution is 2.36. The quantitative estimate of drug-likeness (QED) is 0.356. The number of hydrogen-bond donors (Lipinski definition) is 0. The van der Waals surface area contributed by atoms with Gasteiger partial charge in [0.25, 0.3) is 5.56 Å². The lowest BCUT2D eigenvalue weighted by Gasteiger charge is -2.47. The van der Waals surface area contributed by atoms with Crippen molar-refractivity contribution in [2.45, 2.75) is 44.8 Å². The fourth-order valence-electron chi connectivity index (χ4n) is 5.99. The highest BCUT2D eigenvalue weighted by atomic mass is 19.1. The van der Waals surface area contributed by atoms with Gasteiger partial charge in [-0.2, -0.15) is 10.2 Å². The highest BCUT2D eigenvalue weighted by molar-refractivity contribution is 5.89. The number of nitrogens with zero attached hydrogens (tertiary/aromatic N) is 8. The number of aryl methyl sites for hydroxylation is 1. The molecule has 2 unspecified atom stereocenters. The number of rotatable bonds is 5. The van der Waals surface area contributed by atoms with Crippen molar-refractivity contribution in [1.29, 1.82) is 5.26 Å². The Morgan fingerprint density at radius 1 is 1.07 bits per heavy atom. The van der Waals surface area contributed by atoms with Crippen LogP contribution in [-0.2, 0) is 11.8 Å². The van der Waals surface area contributed by atoms with Crippen molar-refractivity contribution in [3.8, 4) is 6.07 Å². The number of benzene rings is 1. The zero-order chi connectivity index (χ0) is 29.7. The predicted octanol–water partition coefficient (Wildman–Crippen LogP) is 2.96. The standard InChI is InChI=1S/C30H31FN8O3/c1-17-14-39(18(2)13-38(17)25-11-26(41)36(4)24-10-9-23(12-32)33-27(24)25)28(20-5-7-22(31)8-6-20)30-34-29(35-42-30)21-15-37(16-21)19(3)40/h5-11,17-18,21,28H,13-16H2,1-4H3/t17-,18?,28?/m0/s1. The van der Waals surface area contributed by atoms with Crippen molar-refractivity contribution in [2.24, 2.45) is 7.05 Å². The fraction of sp³-hybridized carbons (Fsp3) is 0.400. The minimum absolute atomic E-state index is 0.00763. The number of halogens is 1. The topological polar surface area (TPSA) is 124 Å². The van der Waals surface area contributed by atoms with Gasteiger partial charge < -0.3 is 18.9 Å². The molecule has 3 aromatic heterocycles. The number of nitriles is 1. The summed E-state index contributed by atoms with van der Waals surface area (Å²) in [5.74, 6) is 0.649. The van der Waals surface area contributed by atoms with Crippen LogP contribution in [0, 0.1) is 17.1 Å². The Morgan fingerprint density at radius 3 is 2.50 bits per heavy atom. The first kappa shape index (κ1) is 27.5. The number of carbonyl (C=O) groups is 1. The van der Waals surface area contributed by atoms with E-state index in [0.29, 0.717) is 54.6 Å². The number of likely N-dealkylation sites (tertiary alicyclic amines) is 1. The van der Waals surface area contributed by atoms with Crippen molar-refractivity contribution < 1.29 is 13.7 Å². The van der Waals surface area contributed by atoms with Crippen LogP contribution in [0.15, 0.2) is 51.8 Å². The van der Waals surface area contributed by atoms with Gasteiger partial charge in [0.15, 0.2) is 5.82 Å². The first-order chi connectivity index (χ1) is 20.1. The van der Waals surface area contributed by atoms with E-state index < -0.39 is 6.04 Å². The van der Waals surface area contributed by atoms with E-state index in [0.717, 1.165) is 5.56 Å². The van der Waals surface area contributed by atoms with Crippen molar-refractivity contribution in [2.75, 3.05) is 31.1 Å². The fourth-order valence-corrected chi connectivity index (χ4v) is 5.99. The Hall–Kier alpha value is -4.63. The molecule has 0 aliphatic carbocycles. The molecule has 2 fully saturated rings. The highest BCUT2D eigenvalue weighted by Gasteiger charge is 2.40. The molecule has 6 rings (SSSR count). The van der Waals surface area contributed by atoms with E-state index in [9.17, 15) is 19.2 Å². The van der Waals surface area contributed by atoms with Crippen LogP contribution in [0.3, 0.4) is 0 Å². The van der Waals surface area contributed by atoms with Crippen LogP contribution in [0.4, 0.5) is 10.1 Å². The summed E-state index contributed by atoms with van der Waals surface area (Å²) in [6.07, 6.45) is 0. The molecule has 5 heterocycles. The van der Waals surface area contributed by atoms with Gasteiger partial charge in [0.1, 0.15) is 29.1 Å². The van der Waals surface area contributed by atoms with Crippen molar-refractivity contribution in [3.05, 3.63) is 81.6 Å². The first-order valence-electron chi connectivity index (χ1n) is 13.9. The Kier molecular flexibility index (Phi) is 6.98. The molecule has 3 atom stereocenters. The number of carbonyl (C=O) groups excluding carboxylic acids is 1. The van der Waals surface area contributed by atoms with Crippen LogP contribution in [0.1, 0.15) is 55.7 Å². The molecule has 0 spiro atoms. The summed E-state index contributed by atoms with van der Waals surface area (Å²) in [6, 6.07) is 12.8. The predicted molar refractivity (Wildman–Crippen MR) is 152 cm³/mol. The first-order valence-corrected chi connectivity index (χ1v) is 13.9. The lowest BCUT2D eigenvalue weighted by Crippen LogP contribution is -2.57. The average Bonchev–Trinajstić information content (AvgIpc) is 3.41. The van der Waals surface area contributed by atoms with Crippen LogP contribution in [0.2, 0.25) is 0 Å². The number of fused-ring (bicyclic) bond motifs is 1. The summed E-state index contributed by atoms with van der Waals surface area (Å²) in [5.41, 5.74) is 2.87. The van der Waals surface area contributed by atoms with E-state index in [1.54, 1.807) is 49.2 Å². The number of piperazine rings is 1. The van der Waals surface area contributed by atoms with Gasteiger partial charge in [-0.3, -0.25) is 14.5 Å². The third-order valence-corrected chi connectivity index (χ3v) is 8.43. The molecule has 0 radical (unpaired) electrons. The van der Waals surface area contributed by atoms with Crippen molar-refractivity contribution >= 4 is 22.6 Å². The van der Waals surface area contributed by atoms with Crippen molar-refractivity contribution in [1.82, 2.24) is 29.5 Å². The molecule has 1 amide bonds. The lowest BCUT2D eigenvalue weighted by atomic mass is 9.98. The summed E-state index contributed by atoms with van der Waals surface area (Å²) < 4.78 is 21.3. The van der Waals surface area contributed by atoms with E-state index in [4.69, 9.17) is 9.51 Å². The molecular weight excluding hydrogens is 539 g/mol. The van der Waals surface area contributed by atoms with Gasteiger partial charge >= 0.3 is 0 Å². The van der Waals surface area contributed by atoms with Gasteiger partial charge in [0.2, 0.25) is 11.8 Å². The average molecular weight is 571 g/mol. The van der Waals surface area contributed by atoms with E-state index in [-0.39, 0.29) is 41.0 Å². The molecule has 4 aromatic rings. The summed E-state index contributed by atoms with van der Waals surface area (Å²) in [7, 11) is 1.69. The minimum atomic E-state index is -0.431. The van der Waals surface area contributed by atoms with E-state index in [2.05, 4.69) is 39.9 Å². The lowest BCUT2D eigenvalue weighted by molar-refractivity contribution is -0.133. The Morgan fingerprint density at radius 2 is 1.81 bits per heavy atom. The summed E-state index contributed by atoms with van der Waals surface area (Å²) in [4.78, 5) is 40.0. The second kappa shape index (κ2) is 10.6. The Bertz CT molecular complexity index is 1760. The van der Waals surface area contributed by atoms with Crippen LogP contribution in [-0.4, -0.2) is 73.7 Å². The summed E-state index contributed by atoms with van der Waals surface area (Å²) in [5, 5.41) is 13.7. The molecule has 42 heavy (non-hydrogen) atoms. The zero-order valence-electron chi connectivity index (χ0n) is 23.9. The number of pyridine rings is 2. The zero-order valence-corrected chi connectivity index (χ0v) is 23.9. The largest absolute Gasteiger partial charge is 0.364 e. The van der Waals surface area contributed by atoms with Gasteiger partial charge in [0, 0.05) is 58.3 Å². The van der Waals surface area contributed by atoms with Gasteiger partial charge in [0.05, 0.1) is 17.1 Å². The second-order valence-corrected chi connectivity index (χ2v) is 11.2. The number of anilines is 1. The normalized spacial score (nSPS) is 20.4. The summed E-state index contributed by atoms with van der Waals surface area (Å²) >= 11 is 0. The van der Waals surface area contributed by atoms with Gasteiger partial charge in [-0.1, -0.05) is 17.3 Å².